The standard InChI is InChI=1S/C22H28N6O2S2/c1-18-6-7-21(15-19(18)2)32(29,30)27-13-11-25(12-14-27)17-28-22(31)26(16-24-28)10-8-20-5-3-4-9-23-20/h3-7,9,15-16H,8,10-14,17H2,1-2H3. The van der Waals surface area contributed by atoms with Gasteiger partial charge in [-0.3, -0.25) is 9.88 Å². The molecule has 170 valence electrons. The summed E-state index contributed by atoms with van der Waals surface area (Å²) < 4.78 is 32.0. The van der Waals surface area contributed by atoms with Gasteiger partial charge in [-0.25, -0.2) is 13.1 Å². The van der Waals surface area contributed by atoms with Crippen molar-refractivity contribution < 1.29 is 8.42 Å². The second-order valence-corrected chi connectivity index (χ2v) is 10.4. The SMILES string of the molecule is Cc1ccc(S(=O)(=O)N2CCN(Cn3ncn(CCc4ccccn4)c3=S)CC2)cc1C. The van der Waals surface area contributed by atoms with Crippen LogP contribution in [0.5, 0.6) is 0 Å². The first-order valence-corrected chi connectivity index (χ1v) is 12.5. The summed E-state index contributed by atoms with van der Waals surface area (Å²) in [5, 5.41) is 4.44. The van der Waals surface area contributed by atoms with Crippen LogP contribution in [-0.4, -0.2) is 63.1 Å². The average molecular weight is 473 g/mol. The number of hydrogen-bond acceptors (Lipinski definition) is 6. The lowest BCUT2D eigenvalue weighted by molar-refractivity contribution is 0.144. The molecule has 1 aromatic carbocycles. The summed E-state index contributed by atoms with van der Waals surface area (Å²) in [6.45, 7) is 7.34. The van der Waals surface area contributed by atoms with Gasteiger partial charge in [0.2, 0.25) is 10.0 Å². The molecule has 32 heavy (non-hydrogen) atoms. The van der Waals surface area contributed by atoms with E-state index in [0.717, 1.165) is 29.8 Å². The minimum atomic E-state index is -3.48. The third-order valence-corrected chi connectivity index (χ3v) is 8.25. The van der Waals surface area contributed by atoms with Gasteiger partial charge in [0, 0.05) is 51.0 Å². The molecular formula is C22H28N6O2S2. The summed E-state index contributed by atoms with van der Waals surface area (Å²) in [5.74, 6) is 0. The maximum atomic E-state index is 13.0. The van der Waals surface area contributed by atoms with Gasteiger partial charge in [-0.15, -0.1) is 0 Å². The van der Waals surface area contributed by atoms with Crippen LogP contribution in [0.2, 0.25) is 0 Å². The van der Waals surface area contributed by atoms with Gasteiger partial charge in [-0.2, -0.15) is 9.40 Å². The summed E-state index contributed by atoms with van der Waals surface area (Å²) in [7, 11) is -3.48. The van der Waals surface area contributed by atoms with Crippen molar-refractivity contribution in [2.45, 2.75) is 38.4 Å². The molecular weight excluding hydrogens is 444 g/mol. The number of rotatable bonds is 7. The van der Waals surface area contributed by atoms with Gasteiger partial charge in [-0.1, -0.05) is 12.1 Å². The van der Waals surface area contributed by atoms with Crippen LogP contribution in [0.15, 0.2) is 53.8 Å². The number of pyridine rings is 1. The molecule has 0 atom stereocenters. The summed E-state index contributed by atoms with van der Waals surface area (Å²) in [5.41, 5.74) is 3.09. The molecule has 8 nitrogen and oxygen atoms in total. The summed E-state index contributed by atoms with van der Waals surface area (Å²) in [6.07, 6.45) is 4.33. The molecule has 10 heteroatoms. The highest BCUT2D eigenvalue weighted by molar-refractivity contribution is 7.89. The number of hydrogen-bond donors (Lipinski definition) is 0. The molecule has 0 N–H and O–H groups in total. The van der Waals surface area contributed by atoms with Crippen molar-refractivity contribution in [2.24, 2.45) is 0 Å². The summed E-state index contributed by atoms with van der Waals surface area (Å²) in [4.78, 5) is 6.89. The fourth-order valence-corrected chi connectivity index (χ4v) is 5.48. The van der Waals surface area contributed by atoms with E-state index in [1.54, 1.807) is 33.6 Å². The Morgan fingerprint density at radius 3 is 2.50 bits per heavy atom. The number of aromatic nitrogens is 4. The van der Waals surface area contributed by atoms with Gasteiger partial charge in [0.15, 0.2) is 4.77 Å². The molecule has 0 amide bonds. The highest BCUT2D eigenvalue weighted by Crippen LogP contribution is 2.20. The van der Waals surface area contributed by atoms with E-state index in [9.17, 15) is 8.42 Å². The Morgan fingerprint density at radius 2 is 1.81 bits per heavy atom. The van der Waals surface area contributed by atoms with E-state index in [4.69, 9.17) is 12.2 Å². The summed E-state index contributed by atoms with van der Waals surface area (Å²) in [6, 6.07) is 11.2. The quantitative estimate of drug-likeness (QED) is 0.492. The molecule has 0 saturated carbocycles. The minimum Gasteiger partial charge on any atom is -0.306 e. The second-order valence-electron chi connectivity index (χ2n) is 8.09. The Labute approximate surface area is 194 Å². The Hall–Kier alpha value is -2.40. The van der Waals surface area contributed by atoms with Crippen molar-refractivity contribution in [3.63, 3.8) is 0 Å². The number of piperazine rings is 1. The second kappa shape index (κ2) is 9.62. The van der Waals surface area contributed by atoms with E-state index >= 15 is 0 Å². The number of nitrogens with zero attached hydrogens (tertiary/aromatic N) is 6. The lowest BCUT2D eigenvalue weighted by atomic mass is 10.1. The van der Waals surface area contributed by atoms with Crippen molar-refractivity contribution in [1.29, 1.82) is 0 Å². The minimum absolute atomic E-state index is 0.364. The van der Waals surface area contributed by atoms with E-state index in [0.29, 0.717) is 42.5 Å². The van der Waals surface area contributed by atoms with Crippen LogP contribution in [0, 0.1) is 18.6 Å². The van der Waals surface area contributed by atoms with Crippen molar-refractivity contribution in [3.05, 3.63) is 70.5 Å². The van der Waals surface area contributed by atoms with Gasteiger partial charge in [0.1, 0.15) is 6.33 Å². The number of sulfonamides is 1. The Morgan fingerprint density at radius 1 is 1.03 bits per heavy atom. The van der Waals surface area contributed by atoms with Crippen LogP contribution in [0.4, 0.5) is 0 Å². The third-order valence-electron chi connectivity index (χ3n) is 5.91. The summed E-state index contributed by atoms with van der Waals surface area (Å²) >= 11 is 5.59. The van der Waals surface area contributed by atoms with Crippen LogP contribution in [0.1, 0.15) is 16.8 Å². The molecule has 1 aliphatic rings. The maximum absolute atomic E-state index is 13.0. The molecule has 1 saturated heterocycles. The number of aryl methyl sites for hydroxylation is 4. The van der Waals surface area contributed by atoms with Gasteiger partial charge in [0.05, 0.1) is 11.6 Å². The van der Waals surface area contributed by atoms with Gasteiger partial charge in [-0.05, 0) is 61.5 Å². The zero-order valence-corrected chi connectivity index (χ0v) is 20.0. The first kappa shape index (κ1) is 22.8. The predicted octanol–water partition coefficient (Wildman–Crippen LogP) is 2.63. The van der Waals surface area contributed by atoms with Crippen LogP contribution < -0.4 is 0 Å². The van der Waals surface area contributed by atoms with Gasteiger partial charge >= 0.3 is 0 Å². The van der Waals surface area contributed by atoms with Crippen molar-refractivity contribution in [3.8, 4) is 0 Å². The highest BCUT2D eigenvalue weighted by atomic mass is 32.2. The van der Waals surface area contributed by atoms with Crippen LogP contribution >= 0.6 is 12.2 Å². The first-order chi connectivity index (χ1) is 15.3. The first-order valence-electron chi connectivity index (χ1n) is 10.7. The molecule has 0 spiro atoms. The molecule has 1 aliphatic heterocycles. The van der Waals surface area contributed by atoms with Crippen molar-refractivity contribution in [1.82, 2.24) is 28.5 Å². The van der Waals surface area contributed by atoms with Crippen LogP contribution in [-0.2, 0) is 29.7 Å². The van der Waals surface area contributed by atoms with Crippen LogP contribution in [0.25, 0.3) is 0 Å². The third kappa shape index (κ3) is 4.98. The van der Waals surface area contributed by atoms with Gasteiger partial charge < -0.3 is 4.57 Å². The number of benzene rings is 1. The van der Waals surface area contributed by atoms with E-state index < -0.39 is 10.0 Å². The Balaban J connectivity index is 1.34. The molecule has 0 bridgehead atoms. The fourth-order valence-electron chi connectivity index (χ4n) is 3.73. The smallest absolute Gasteiger partial charge is 0.243 e. The van der Waals surface area contributed by atoms with E-state index in [1.807, 2.05) is 42.7 Å². The zero-order chi connectivity index (χ0) is 22.7. The normalized spacial score (nSPS) is 15.8. The predicted molar refractivity (Wildman–Crippen MR) is 125 cm³/mol. The van der Waals surface area contributed by atoms with E-state index in [-0.39, 0.29) is 0 Å². The van der Waals surface area contributed by atoms with E-state index in [2.05, 4.69) is 15.0 Å². The van der Waals surface area contributed by atoms with Gasteiger partial charge in [0.25, 0.3) is 0 Å². The molecule has 3 heterocycles. The monoisotopic (exact) mass is 472 g/mol. The molecule has 0 aliphatic carbocycles. The lowest BCUT2D eigenvalue weighted by Gasteiger charge is -2.33. The topological polar surface area (TPSA) is 76.3 Å². The largest absolute Gasteiger partial charge is 0.306 e. The molecule has 3 aromatic rings. The molecule has 4 rings (SSSR count). The average Bonchev–Trinajstić information content (AvgIpc) is 3.14. The molecule has 1 fully saturated rings. The van der Waals surface area contributed by atoms with Crippen LogP contribution in [0.3, 0.4) is 0 Å². The highest BCUT2D eigenvalue weighted by Gasteiger charge is 2.29. The molecule has 0 unspecified atom stereocenters. The van der Waals surface area contributed by atoms with Crippen molar-refractivity contribution in [2.75, 3.05) is 26.2 Å². The molecule has 0 radical (unpaired) electrons. The fraction of sp³-hybridized carbons (Fsp3) is 0.409. The maximum Gasteiger partial charge on any atom is 0.243 e. The Kier molecular flexibility index (Phi) is 6.85. The Bertz CT molecular complexity index is 1230. The van der Waals surface area contributed by atoms with Crippen molar-refractivity contribution >= 4 is 22.2 Å². The lowest BCUT2D eigenvalue weighted by Crippen LogP contribution is -2.48. The van der Waals surface area contributed by atoms with E-state index in [1.165, 1.54) is 0 Å². The zero-order valence-electron chi connectivity index (χ0n) is 18.4. The molecule has 2 aromatic heterocycles.